The number of esters is 3. The average Bonchev–Trinajstić information content (AvgIpc) is 3.39. The minimum Gasteiger partial charge on any atom is -0.463 e. The molecule has 38 heavy (non-hydrogen) atoms. The van der Waals surface area contributed by atoms with E-state index in [1.807, 2.05) is 0 Å². The topological polar surface area (TPSA) is 178 Å². The Bertz CT molecular complexity index is 1480. The molecule has 1 aromatic carbocycles. The van der Waals surface area contributed by atoms with Gasteiger partial charge in [-0.2, -0.15) is 0 Å². The highest BCUT2D eigenvalue weighted by molar-refractivity contribution is 9.10. The van der Waals surface area contributed by atoms with Crippen molar-refractivity contribution in [1.29, 1.82) is 0 Å². The Morgan fingerprint density at radius 2 is 1.66 bits per heavy atom. The molecule has 3 heterocycles. The smallest absolute Gasteiger partial charge is 0.303 e. The zero-order valence-electron chi connectivity index (χ0n) is 20.2. The first kappa shape index (κ1) is 27.4. The van der Waals surface area contributed by atoms with Crippen molar-refractivity contribution in [2.75, 3.05) is 11.3 Å². The van der Waals surface area contributed by atoms with Crippen LogP contribution in [0.1, 0.15) is 27.0 Å². The third-order valence-corrected chi connectivity index (χ3v) is 7.21. The van der Waals surface area contributed by atoms with Crippen molar-refractivity contribution in [3.8, 4) is 0 Å². The van der Waals surface area contributed by atoms with Gasteiger partial charge in [0.2, 0.25) is 0 Å². The van der Waals surface area contributed by atoms with Crippen LogP contribution in [-0.2, 0) is 43.4 Å². The van der Waals surface area contributed by atoms with Gasteiger partial charge in [-0.3, -0.25) is 23.7 Å². The van der Waals surface area contributed by atoms with Gasteiger partial charge in [0.25, 0.3) is 10.0 Å². The highest BCUT2D eigenvalue weighted by Crippen LogP contribution is 2.36. The van der Waals surface area contributed by atoms with E-state index in [-0.39, 0.29) is 28.5 Å². The van der Waals surface area contributed by atoms with E-state index >= 15 is 0 Å². The zero-order chi connectivity index (χ0) is 27.6. The number of rotatable bonds is 8. The molecular formula is C22H22BrN5O9S. The predicted octanol–water partition coefficient (Wildman–Crippen LogP) is 1.71. The standard InChI is InChI=1S/C22H22BrN5O9S/c1-11(29)34-8-16-18(35-12(2)30)19(36-13(3)31)22(37-16)28-10-26-17-20(24-9-25-21(17)28)27-38(32,33)15-6-4-14(23)5-7-15/h4-7,9-10,16,18-19,22H,8H2,1-3H3,(H,24,25,27)/t16-,18-,19-,22-/m1/s1. The van der Waals surface area contributed by atoms with Gasteiger partial charge in [-0.05, 0) is 24.3 Å². The summed E-state index contributed by atoms with van der Waals surface area (Å²) in [6.07, 6.45) is -2.01. The van der Waals surface area contributed by atoms with Crippen LogP contribution in [0.5, 0.6) is 0 Å². The number of aromatic nitrogens is 4. The number of halogens is 1. The van der Waals surface area contributed by atoms with Gasteiger partial charge in [0.1, 0.15) is 19.0 Å². The molecule has 2 aromatic heterocycles. The van der Waals surface area contributed by atoms with Crippen LogP contribution in [0.2, 0.25) is 0 Å². The van der Waals surface area contributed by atoms with E-state index in [1.54, 1.807) is 12.1 Å². The van der Waals surface area contributed by atoms with E-state index in [9.17, 15) is 22.8 Å². The van der Waals surface area contributed by atoms with Crippen molar-refractivity contribution >= 4 is 60.8 Å². The lowest BCUT2D eigenvalue weighted by molar-refractivity contribution is -0.166. The number of hydrogen-bond donors (Lipinski definition) is 1. The summed E-state index contributed by atoms with van der Waals surface area (Å²) in [4.78, 5) is 47.6. The second-order valence-corrected chi connectivity index (χ2v) is 10.7. The molecule has 0 aliphatic carbocycles. The third kappa shape index (κ3) is 5.92. The molecule has 1 N–H and O–H groups in total. The lowest BCUT2D eigenvalue weighted by atomic mass is 10.1. The highest BCUT2D eigenvalue weighted by Gasteiger charge is 2.51. The Balaban J connectivity index is 1.71. The van der Waals surface area contributed by atoms with Crippen molar-refractivity contribution in [2.45, 2.75) is 50.2 Å². The number of imidazole rings is 1. The molecule has 1 fully saturated rings. The van der Waals surface area contributed by atoms with E-state index in [2.05, 4.69) is 35.6 Å². The molecule has 1 aliphatic heterocycles. The van der Waals surface area contributed by atoms with Crippen LogP contribution in [0.15, 0.2) is 46.3 Å². The number of hydrogen-bond acceptors (Lipinski definition) is 12. The monoisotopic (exact) mass is 611 g/mol. The largest absolute Gasteiger partial charge is 0.463 e. The lowest BCUT2D eigenvalue weighted by Crippen LogP contribution is -2.40. The van der Waals surface area contributed by atoms with Crippen molar-refractivity contribution in [1.82, 2.24) is 19.5 Å². The SMILES string of the molecule is CC(=O)OC[C@H]1O[C@@H](n2cnc3c(NS(=O)(=O)c4ccc(Br)cc4)ncnc32)[C@H](OC(C)=O)[C@@H]1OC(C)=O. The number of ether oxygens (including phenoxy) is 4. The molecule has 0 unspecified atom stereocenters. The molecule has 202 valence electrons. The Kier molecular flexibility index (Phi) is 7.94. The maximum absolute atomic E-state index is 12.9. The van der Waals surface area contributed by atoms with Gasteiger partial charge in [0.15, 0.2) is 35.4 Å². The van der Waals surface area contributed by atoms with Crippen molar-refractivity contribution in [3.63, 3.8) is 0 Å². The first-order valence-electron chi connectivity index (χ1n) is 11.1. The maximum atomic E-state index is 12.9. The predicted molar refractivity (Wildman–Crippen MR) is 132 cm³/mol. The summed E-state index contributed by atoms with van der Waals surface area (Å²) in [5, 5.41) is 0. The molecule has 0 bridgehead atoms. The molecule has 14 nitrogen and oxygen atoms in total. The molecular weight excluding hydrogens is 590 g/mol. The number of fused-ring (bicyclic) bond motifs is 1. The average molecular weight is 612 g/mol. The summed E-state index contributed by atoms with van der Waals surface area (Å²) >= 11 is 3.26. The summed E-state index contributed by atoms with van der Waals surface area (Å²) in [6, 6.07) is 5.99. The summed E-state index contributed by atoms with van der Waals surface area (Å²) in [5.41, 5.74) is 0.205. The van der Waals surface area contributed by atoms with Gasteiger partial charge >= 0.3 is 17.9 Å². The van der Waals surface area contributed by atoms with Gasteiger partial charge in [0.05, 0.1) is 11.2 Å². The second-order valence-electron chi connectivity index (χ2n) is 8.12. The van der Waals surface area contributed by atoms with Crippen LogP contribution in [-0.4, -0.2) is 70.8 Å². The number of anilines is 1. The number of nitrogens with one attached hydrogen (secondary N) is 1. The van der Waals surface area contributed by atoms with E-state index in [4.69, 9.17) is 18.9 Å². The highest BCUT2D eigenvalue weighted by atomic mass is 79.9. The molecule has 1 saturated heterocycles. The van der Waals surface area contributed by atoms with E-state index in [1.165, 1.54) is 43.8 Å². The zero-order valence-corrected chi connectivity index (χ0v) is 22.6. The van der Waals surface area contributed by atoms with Gasteiger partial charge in [0, 0.05) is 25.2 Å². The minimum absolute atomic E-state index is 0.00141. The van der Waals surface area contributed by atoms with Gasteiger partial charge in [-0.15, -0.1) is 0 Å². The molecule has 0 amide bonds. The first-order chi connectivity index (χ1) is 18.0. The first-order valence-corrected chi connectivity index (χ1v) is 13.3. The Labute approximate surface area is 224 Å². The fraction of sp³-hybridized carbons (Fsp3) is 0.364. The molecule has 16 heteroatoms. The number of nitrogens with zero attached hydrogens (tertiary/aromatic N) is 4. The van der Waals surface area contributed by atoms with Crippen LogP contribution < -0.4 is 4.72 Å². The number of benzene rings is 1. The van der Waals surface area contributed by atoms with Gasteiger partial charge in [-0.1, -0.05) is 15.9 Å². The van der Waals surface area contributed by atoms with Crippen LogP contribution >= 0.6 is 15.9 Å². The van der Waals surface area contributed by atoms with Crippen molar-refractivity contribution in [3.05, 3.63) is 41.4 Å². The number of sulfonamides is 1. The quantitative estimate of drug-likeness (QED) is 0.288. The normalized spacial score (nSPS) is 21.2. The second kappa shape index (κ2) is 11.0. The summed E-state index contributed by atoms with van der Waals surface area (Å²) in [5.74, 6) is -2.06. The Hall–Kier alpha value is -3.63. The lowest BCUT2D eigenvalue weighted by Gasteiger charge is -2.23. The van der Waals surface area contributed by atoms with Gasteiger partial charge in [-0.25, -0.2) is 23.4 Å². The van der Waals surface area contributed by atoms with Crippen molar-refractivity contribution in [2.24, 2.45) is 0 Å². The molecule has 1 aliphatic rings. The van der Waals surface area contributed by atoms with Crippen LogP contribution in [0.25, 0.3) is 11.2 Å². The van der Waals surface area contributed by atoms with Crippen LogP contribution in [0.4, 0.5) is 5.82 Å². The number of carbonyl (C=O) groups excluding carboxylic acids is 3. The Morgan fingerprint density at radius 3 is 2.29 bits per heavy atom. The van der Waals surface area contributed by atoms with E-state index in [0.717, 1.165) is 6.33 Å². The van der Waals surface area contributed by atoms with Crippen LogP contribution in [0, 0.1) is 0 Å². The Morgan fingerprint density at radius 1 is 1.00 bits per heavy atom. The van der Waals surface area contributed by atoms with Crippen LogP contribution in [0.3, 0.4) is 0 Å². The van der Waals surface area contributed by atoms with Crippen molar-refractivity contribution < 1.29 is 41.7 Å². The molecule has 0 spiro atoms. The summed E-state index contributed by atoms with van der Waals surface area (Å²) < 4.78 is 52.2. The molecule has 4 rings (SSSR count). The van der Waals surface area contributed by atoms with E-state index < -0.39 is 52.5 Å². The summed E-state index contributed by atoms with van der Waals surface area (Å²) in [7, 11) is -4.02. The minimum atomic E-state index is -4.02. The molecule has 3 aromatic rings. The maximum Gasteiger partial charge on any atom is 0.303 e. The summed E-state index contributed by atoms with van der Waals surface area (Å²) in [6.45, 7) is 3.25. The molecule has 0 radical (unpaired) electrons. The fourth-order valence-corrected chi connectivity index (χ4v) is 5.11. The fourth-order valence-electron chi connectivity index (χ4n) is 3.83. The molecule has 0 saturated carbocycles. The van der Waals surface area contributed by atoms with E-state index in [0.29, 0.717) is 4.47 Å². The van der Waals surface area contributed by atoms with Gasteiger partial charge < -0.3 is 18.9 Å². The number of carbonyl (C=O) groups is 3. The third-order valence-electron chi connectivity index (χ3n) is 5.33. The molecule has 4 atom stereocenters.